The second-order valence-corrected chi connectivity index (χ2v) is 6.67. The lowest BCUT2D eigenvalue weighted by atomic mass is 10.1. The summed E-state index contributed by atoms with van der Waals surface area (Å²) in [5, 5.41) is 24.9. The lowest BCUT2D eigenvalue weighted by molar-refractivity contribution is -0.122. The molecular weight excluding hydrogens is 362 g/mol. The molecule has 9 heteroatoms. The van der Waals surface area contributed by atoms with Gasteiger partial charge < -0.3 is 26.0 Å². The first-order valence-corrected chi connectivity index (χ1v) is 9.61. The third-order valence-corrected chi connectivity index (χ3v) is 4.58. The van der Waals surface area contributed by atoms with Crippen LogP contribution in [0, 0.1) is 13.8 Å². The first-order valence-electron chi connectivity index (χ1n) is 9.61. The van der Waals surface area contributed by atoms with E-state index in [-0.39, 0.29) is 19.7 Å². The minimum absolute atomic E-state index is 0.143. The Kier molecular flexibility index (Phi) is 11.1. The molecule has 2 rings (SSSR count). The zero-order valence-electron chi connectivity index (χ0n) is 16.8. The molecule has 0 radical (unpaired) electrons. The van der Waals surface area contributed by atoms with Gasteiger partial charge in [0.15, 0.2) is 5.82 Å². The molecule has 9 nitrogen and oxygen atoms in total. The maximum atomic E-state index is 9.02. The van der Waals surface area contributed by atoms with Crippen molar-refractivity contribution in [2.24, 2.45) is 0 Å². The molecule has 0 saturated heterocycles. The van der Waals surface area contributed by atoms with Gasteiger partial charge in [-0.1, -0.05) is 12.8 Å². The van der Waals surface area contributed by atoms with Gasteiger partial charge in [-0.15, -0.1) is 0 Å². The molecule has 2 aromatic rings. The normalized spacial score (nSPS) is 10.9. The number of aliphatic hydroxyl groups excluding tert-OH is 2. The minimum Gasteiger partial charge on any atom is -0.483 e. The maximum absolute atomic E-state index is 9.02. The fourth-order valence-electron chi connectivity index (χ4n) is 3.29. The van der Waals surface area contributed by atoms with E-state index in [9.17, 15) is 0 Å². The van der Waals surface area contributed by atoms with Crippen molar-refractivity contribution in [1.82, 2.24) is 19.9 Å². The highest BCUT2D eigenvalue weighted by molar-refractivity contribution is 5.88. The SMILES string of the molecule is Cc1nc(N)c2[nH]c(C)c(CCCCCCN(CCO)CCO)c2n1.O=CO. The molecule has 0 saturated carbocycles. The molecule has 0 fully saturated rings. The Morgan fingerprint density at radius 2 is 1.64 bits per heavy atom. The summed E-state index contributed by atoms with van der Waals surface area (Å²) in [6.45, 7) is 6.16. The van der Waals surface area contributed by atoms with Crippen LogP contribution in [0.15, 0.2) is 0 Å². The van der Waals surface area contributed by atoms with Gasteiger partial charge in [0.2, 0.25) is 0 Å². The smallest absolute Gasteiger partial charge is 0.290 e. The number of carbonyl (C=O) groups is 1. The number of unbranched alkanes of at least 4 members (excludes halogenated alkanes) is 3. The molecule has 0 aliphatic heterocycles. The van der Waals surface area contributed by atoms with Crippen LogP contribution in [0.1, 0.15) is 42.8 Å². The van der Waals surface area contributed by atoms with Crippen molar-refractivity contribution in [3.63, 3.8) is 0 Å². The van der Waals surface area contributed by atoms with Gasteiger partial charge in [0.25, 0.3) is 6.47 Å². The molecule has 0 unspecified atom stereocenters. The molecule has 0 bridgehead atoms. The second-order valence-electron chi connectivity index (χ2n) is 6.67. The van der Waals surface area contributed by atoms with E-state index < -0.39 is 0 Å². The zero-order valence-corrected chi connectivity index (χ0v) is 16.8. The topological polar surface area (TPSA) is 149 Å². The van der Waals surface area contributed by atoms with Crippen molar-refractivity contribution in [3.8, 4) is 0 Å². The van der Waals surface area contributed by atoms with E-state index in [1.54, 1.807) is 0 Å². The molecule has 2 heterocycles. The molecular formula is C19H33N5O4. The third kappa shape index (κ3) is 7.41. The van der Waals surface area contributed by atoms with Gasteiger partial charge in [0.1, 0.15) is 11.3 Å². The molecule has 0 aliphatic rings. The molecule has 0 aliphatic carbocycles. The van der Waals surface area contributed by atoms with Crippen LogP contribution in [0.3, 0.4) is 0 Å². The summed E-state index contributed by atoms with van der Waals surface area (Å²) in [6, 6.07) is 0. The highest BCUT2D eigenvalue weighted by Crippen LogP contribution is 2.25. The number of anilines is 1. The number of aromatic amines is 1. The van der Waals surface area contributed by atoms with Crippen LogP contribution in [0.4, 0.5) is 5.82 Å². The molecule has 0 aromatic carbocycles. The minimum atomic E-state index is -0.250. The number of nitrogens with one attached hydrogen (secondary N) is 1. The van der Waals surface area contributed by atoms with Gasteiger partial charge >= 0.3 is 0 Å². The van der Waals surface area contributed by atoms with Gasteiger partial charge in [0.05, 0.1) is 18.7 Å². The lowest BCUT2D eigenvalue weighted by Gasteiger charge is -2.19. The molecule has 28 heavy (non-hydrogen) atoms. The molecule has 0 amide bonds. The van der Waals surface area contributed by atoms with Crippen LogP contribution in [0.25, 0.3) is 11.0 Å². The van der Waals surface area contributed by atoms with E-state index in [4.69, 9.17) is 25.8 Å². The summed E-state index contributed by atoms with van der Waals surface area (Å²) in [5.41, 5.74) is 10.2. The fourth-order valence-corrected chi connectivity index (χ4v) is 3.29. The van der Waals surface area contributed by atoms with Gasteiger partial charge in [-0.25, -0.2) is 9.97 Å². The van der Waals surface area contributed by atoms with E-state index in [0.717, 1.165) is 55.4 Å². The van der Waals surface area contributed by atoms with Crippen LogP contribution in [0.5, 0.6) is 0 Å². The number of rotatable bonds is 11. The third-order valence-electron chi connectivity index (χ3n) is 4.58. The van der Waals surface area contributed by atoms with Crippen LogP contribution < -0.4 is 5.73 Å². The first kappa shape index (κ1) is 23.8. The number of nitrogens with two attached hydrogens (primary N) is 1. The van der Waals surface area contributed by atoms with Crippen molar-refractivity contribution in [2.45, 2.75) is 46.0 Å². The Morgan fingerprint density at radius 3 is 2.25 bits per heavy atom. The summed E-state index contributed by atoms with van der Waals surface area (Å²) in [6.07, 6.45) is 5.47. The number of aromatic nitrogens is 3. The molecule has 6 N–H and O–H groups in total. The second kappa shape index (κ2) is 13.0. The van der Waals surface area contributed by atoms with Crippen molar-refractivity contribution in [2.75, 3.05) is 38.6 Å². The van der Waals surface area contributed by atoms with E-state index in [2.05, 4.69) is 26.8 Å². The molecule has 0 atom stereocenters. The first-order chi connectivity index (χ1) is 13.5. The molecule has 0 spiro atoms. The summed E-state index contributed by atoms with van der Waals surface area (Å²) < 4.78 is 0. The Bertz CT molecular complexity index is 714. The number of hydrogen-bond acceptors (Lipinski definition) is 7. The number of nitrogen functional groups attached to an aromatic ring is 1. The Hall–Kier alpha value is -2.23. The number of fused-ring (bicyclic) bond motifs is 1. The lowest BCUT2D eigenvalue weighted by Crippen LogP contribution is -2.30. The van der Waals surface area contributed by atoms with Crippen molar-refractivity contribution >= 4 is 23.3 Å². The number of hydrogen-bond donors (Lipinski definition) is 5. The highest BCUT2D eigenvalue weighted by Gasteiger charge is 2.13. The highest BCUT2D eigenvalue weighted by atomic mass is 16.3. The van der Waals surface area contributed by atoms with Crippen LogP contribution in [0.2, 0.25) is 0 Å². The monoisotopic (exact) mass is 395 g/mol. The average Bonchev–Trinajstić information content (AvgIpc) is 2.95. The van der Waals surface area contributed by atoms with Gasteiger partial charge in [-0.3, -0.25) is 9.69 Å². The van der Waals surface area contributed by atoms with E-state index in [0.29, 0.717) is 24.7 Å². The van der Waals surface area contributed by atoms with Gasteiger partial charge in [0, 0.05) is 18.8 Å². The van der Waals surface area contributed by atoms with Crippen molar-refractivity contribution < 1.29 is 20.1 Å². The van der Waals surface area contributed by atoms with Crippen LogP contribution >= 0.6 is 0 Å². The van der Waals surface area contributed by atoms with Gasteiger partial charge in [-0.05, 0) is 45.2 Å². The predicted octanol–water partition coefficient (Wildman–Crippen LogP) is 1.25. The fraction of sp³-hybridized carbons (Fsp3) is 0.632. The average molecular weight is 396 g/mol. The largest absolute Gasteiger partial charge is 0.483 e. The zero-order chi connectivity index (χ0) is 20.9. The maximum Gasteiger partial charge on any atom is 0.290 e. The summed E-state index contributed by atoms with van der Waals surface area (Å²) in [4.78, 5) is 22.6. The quantitative estimate of drug-likeness (QED) is 0.282. The van der Waals surface area contributed by atoms with Crippen LogP contribution in [-0.2, 0) is 11.2 Å². The Balaban J connectivity index is 0.00000122. The standard InChI is InChI=1S/C18H31N5O2.CH2O2/c1-13-15(16-17(20-13)18(19)22-14(2)21-16)7-5-3-4-6-8-23(9-11-24)10-12-25;2-1-3/h20,24-25H,3-12H2,1-2H3,(H2,19,21,22);1H,(H,2,3). The number of aliphatic hydroxyl groups is 2. The Morgan fingerprint density at radius 1 is 1.04 bits per heavy atom. The van der Waals surface area contributed by atoms with Crippen molar-refractivity contribution in [3.05, 3.63) is 17.1 Å². The summed E-state index contributed by atoms with van der Waals surface area (Å²) >= 11 is 0. The number of H-pyrrole nitrogens is 1. The van der Waals surface area contributed by atoms with Gasteiger partial charge in [-0.2, -0.15) is 0 Å². The molecule has 2 aromatic heterocycles. The Labute approximate surface area is 165 Å². The van der Waals surface area contributed by atoms with Crippen molar-refractivity contribution in [1.29, 1.82) is 0 Å². The summed E-state index contributed by atoms with van der Waals surface area (Å²) in [7, 11) is 0. The molecule has 158 valence electrons. The number of nitrogens with zero attached hydrogens (tertiary/aromatic N) is 3. The van der Waals surface area contributed by atoms with Crippen LogP contribution in [-0.4, -0.2) is 74.5 Å². The van der Waals surface area contributed by atoms with E-state index >= 15 is 0 Å². The number of carboxylic acid groups (broad SMARTS) is 1. The summed E-state index contributed by atoms with van der Waals surface area (Å²) in [5.74, 6) is 1.22. The predicted molar refractivity (Wildman–Crippen MR) is 109 cm³/mol. The van der Waals surface area contributed by atoms with E-state index in [1.807, 2.05) is 6.92 Å². The number of aryl methyl sites for hydroxylation is 3. The van der Waals surface area contributed by atoms with E-state index in [1.165, 1.54) is 5.56 Å².